The third kappa shape index (κ3) is 5.83. The number of benzene rings is 12. The molecule has 16 aromatic rings. The average Bonchev–Trinajstić information content (AvgIpc) is 1.92. The van der Waals surface area contributed by atoms with Crippen molar-refractivity contribution in [2.24, 2.45) is 0 Å². The van der Waals surface area contributed by atoms with Crippen molar-refractivity contribution in [2.75, 3.05) is 9.80 Å². The van der Waals surface area contributed by atoms with E-state index in [1.807, 2.05) is 0 Å². The molecule has 0 amide bonds. The van der Waals surface area contributed by atoms with E-state index in [0.29, 0.717) is 0 Å². The van der Waals surface area contributed by atoms with Crippen molar-refractivity contribution in [1.29, 1.82) is 0 Å². The Morgan fingerprint density at radius 1 is 0.321 bits per heavy atom. The van der Waals surface area contributed by atoms with E-state index >= 15 is 0 Å². The lowest BCUT2D eigenvalue weighted by Crippen LogP contribution is -2.57. The predicted molar refractivity (Wildman–Crippen MR) is 352 cm³/mol. The first kappa shape index (κ1) is 44.9. The Hall–Kier alpha value is -10.8. The van der Waals surface area contributed by atoms with Crippen LogP contribution in [-0.4, -0.2) is 20.2 Å². The first-order chi connectivity index (χ1) is 41.7. The summed E-state index contributed by atoms with van der Waals surface area (Å²) in [6.07, 6.45) is 5.37. The smallest absolute Gasteiger partial charge is 0.251 e. The van der Waals surface area contributed by atoms with E-state index in [9.17, 15) is 0 Å². The minimum Gasteiger partial charge on any atom is -0.332 e. The van der Waals surface area contributed by atoms with Crippen molar-refractivity contribution in [3.05, 3.63) is 296 Å². The van der Waals surface area contributed by atoms with Gasteiger partial charge in [0.05, 0.1) is 44.8 Å². The van der Waals surface area contributed by atoms with Gasteiger partial charge < -0.3 is 23.3 Å². The Bertz CT molecular complexity index is 5520. The average molecular weight is 1070 g/mol. The Balaban J connectivity index is 0.938. The topological polar surface area (TPSA) is 20.8 Å². The molecule has 0 saturated heterocycles. The van der Waals surface area contributed by atoms with Crippen LogP contribution in [0, 0.1) is 0 Å². The summed E-state index contributed by atoms with van der Waals surface area (Å²) in [5, 5.41) is 10.2. The van der Waals surface area contributed by atoms with Crippen molar-refractivity contribution in [2.45, 2.75) is 12.0 Å². The molecule has 4 aliphatic rings. The molecule has 5 nitrogen and oxygen atoms in total. The number of aromatic nitrogens is 3. The largest absolute Gasteiger partial charge is 0.332 e. The maximum Gasteiger partial charge on any atom is 0.251 e. The Morgan fingerprint density at radius 3 is 1.45 bits per heavy atom. The SMILES string of the molecule is C1=C2B3c4cc5c6cccc7c8ccccc8n(c5cc4N(c4ccc(-c5ccccc5)cc4)c4cc(-n5c8ccccc8c8ccccc85)cc(c43)N(c3ccc(-c4ccccc4)cc3)C2=CC2C1c1cccc3c4ccccc4n2c13)c76. The lowest BCUT2D eigenvalue weighted by Gasteiger charge is -2.47. The fourth-order valence-electron chi connectivity index (χ4n) is 16.0. The highest BCUT2D eigenvalue weighted by atomic mass is 15.2. The van der Waals surface area contributed by atoms with Gasteiger partial charge in [-0.2, -0.15) is 0 Å². The van der Waals surface area contributed by atoms with Crippen molar-refractivity contribution < 1.29 is 0 Å². The van der Waals surface area contributed by atoms with Crippen LogP contribution in [0.2, 0.25) is 0 Å². The van der Waals surface area contributed by atoms with Crippen LogP contribution in [0.4, 0.5) is 28.4 Å². The molecular weight excluding hydrogens is 1020 g/mol. The molecule has 0 saturated carbocycles. The lowest BCUT2D eigenvalue weighted by atomic mass is 9.31. The zero-order valence-electron chi connectivity index (χ0n) is 45.5. The van der Waals surface area contributed by atoms with Crippen LogP contribution in [0.3, 0.4) is 0 Å². The molecule has 0 bridgehead atoms. The molecule has 0 radical (unpaired) electrons. The molecular formula is C78H48BN5. The predicted octanol–water partition coefficient (Wildman–Crippen LogP) is 18.6. The van der Waals surface area contributed by atoms with E-state index in [1.54, 1.807) is 0 Å². The molecule has 84 heavy (non-hydrogen) atoms. The molecule has 388 valence electrons. The number of para-hydroxylation sites is 6. The molecule has 4 aromatic heterocycles. The number of hydrogen-bond donors (Lipinski definition) is 0. The van der Waals surface area contributed by atoms with Gasteiger partial charge in [-0.05, 0) is 117 Å². The van der Waals surface area contributed by atoms with E-state index < -0.39 is 0 Å². The van der Waals surface area contributed by atoms with Crippen LogP contribution >= 0.6 is 0 Å². The maximum atomic E-state index is 2.71. The highest BCUT2D eigenvalue weighted by Gasteiger charge is 2.49. The first-order valence-corrected chi connectivity index (χ1v) is 29.4. The first-order valence-electron chi connectivity index (χ1n) is 29.4. The van der Waals surface area contributed by atoms with Gasteiger partial charge in [-0.1, -0.05) is 206 Å². The van der Waals surface area contributed by atoms with Crippen molar-refractivity contribution in [1.82, 2.24) is 13.5 Å². The van der Waals surface area contributed by atoms with Gasteiger partial charge in [0.2, 0.25) is 0 Å². The van der Waals surface area contributed by atoms with Crippen LogP contribution < -0.4 is 20.7 Å². The van der Waals surface area contributed by atoms with Gasteiger partial charge >= 0.3 is 0 Å². The quantitative estimate of drug-likeness (QED) is 0.160. The lowest BCUT2D eigenvalue weighted by molar-refractivity contribution is 0.607. The third-order valence-corrected chi connectivity index (χ3v) is 19.4. The number of anilines is 5. The van der Waals surface area contributed by atoms with Crippen LogP contribution in [0.1, 0.15) is 17.5 Å². The molecule has 2 atom stereocenters. The highest BCUT2D eigenvalue weighted by molar-refractivity contribution is 6.96. The van der Waals surface area contributed by atoms with Gasteiger partial charge in [-0.25, -0.2) is 0 Å². The summed E-state index contributed by atoms with van der Waals surface area (Å²) in [4.78, 5) is 5.26. The molecule has 6 heteroatoms. The monoisotopic (exact) mass is 1070 g/mol. The number of hydrogen-bond acceptors (Lipinski definition) is 2. The van der Waals surface area contributed by atoms with Crippen molar-refractivity contribution in [3.63, 3.8) is 0 Å². The summed E-state index contributed by atoms with van der Waals surface area (Å²) < 4.78 is 7.74. The number of nitrogens with zero attached hydrogens (tertiary/aromatic N) is 5. The van der Waals surface area contributed by atoms with Crippen LogP contribution in [-0.2, 0) is 0 Å². The second-order valence-electron chi connectivity index (χ2n) is 23.5. The van der Waals surface area contributed by atoms with Crippen LogP contribution in [0.5, 0.6) is 0 Å². The molecule has 12 aromatic carbocycles. The van der Waals surface area contributed by atoms with E-state index in [2.05, 4.69) is 302 Å². The van der Waals surface area contributed by atoms with E-state index in [0.717, 1.165) is 17.1 Å². The van der Waals surface area contributed by atoms with E-state index in [1.165, 1.54) is 149 Å². The van der Waals surface area contributed by atoms with E-state index in [4.69, 9.17) is 0 Å². The highest BCUT2D eigenvalue weighted by Crippen LogP contribution is 2.56. The number of allylic oxidation sites excluding steroid dienone is 3. The summed E-state index contributed by atoms with van der Waals surface area (Å²) in [6, 6.07) is 100. The molecule has 20 rings (SSSR count). The zero-order chi connectivity index (χ0) is 54.5. The summed E-state index contributed by atoms with van der Waals surface area (Å²) in [6.45, 7) is -0.124. The number of rotatable bonds is 5. The molecule has 0 spiro atoms. The van der Waals surface area contributed by atoms with Crippen molar-refractivity contribution >= 4 is 128 Å². The second kappa shape index (κ2) is 16.4. The summed E-state index contributed by atoms with van der Waals surface area (Å²) >= 11 is 0. The van der Waals surface area contributed by atoms with Gasteiger partial charge in [-0.3, -0.25) is 0 Å². The molecule has 2 unspecified atom stereocenters. The minimum atomic E-state index is -0.124. The molecule has 7 heterocycles. The molecule has 0 N–H and O–H groups in total. The molecule has 0 fully saturated rings. The minimum absolute atomic E-state index is 0.0515. The van der Waals surface area contributed by atoms with Crippen LogP contribution in [0.15, 0.2) is 290 Å². The van der Waals surface area contributed by atoms with Gasteiger partial charge in [-0.15, -0.1) is 0 Å². The fraction of sp³-hybridized carbons (Fsp3) is 0.0256. The second-order valence-corrected chi connectivity index (χ2v) is 23.5. The van der Waals surface area contributed by atoms with Gasteiger partial charge in [0.1, 0.15) is 0 Å². The third-order valence-electron chi connectivity index (χ3n) is 19.4. The molecule has 1 aliphatic carbocycles. The normalized spacial score (nSPS) is 15.9. The number of fused-ring (bicyclic) bond motifs is 19. The van der Waals surface area contributed by atoms with E-state index in [-0.39, 0.29) is 18.7 Å². The molecule has 3 aliphatic heterocycles. The summed E-state index contributed by atoms with van der Waals surface area (Å²) in [7, 11) is 0. The van der Waals surface area contributed by atoms with Crippen LogP contribution in [0.25, 0.3) is 110 Å². The van der Waals surface area contributed by atoms with Crippen molar-refractivity contribution in [3.8, 4) is 27.9 Å². The maximum absolute atomic E-state index is 2.71. The fourth-order valence-corrected chi connectivity index (χ4v) is 16.0. The Morgan fingerprint density at radius 2 is 0.810 bits per heavy atom. The summed E-state index contributed by atoms with van der Waals surface area (Å²) in [5.74, 6) is 0.124. The van der Waals surface area contributed by atoms with Gasteiger partial charge in [0.25, 0.3) is 6.71 Å². The zero-order valence-corrected chi connectivity index (χ0v) is 45.5. The Kier molecular flexibility index (Phi) is 8.78. The standard InChI is InChI=1S/C78H48BN5/c1-3-17-47(18-4-1)49-33-37-51(38-34-49)80-72-45-70-62(60-27-15-25-58-56-23-9-13-31-68(56)83(70)77(58)60)43-64(72)79-65-44-63-61-28-16-26-59-57-24-10-14-32-69(57)84(78(59)61)71(63)46-73(65)81(52-39-35-50(36-40-52)48-19-5-2-6-20-48)75-42-53(41-74(80)76(75)79)82-66-29-11-7-21-54(66)55-22-8-12-30-67(55)82/h1-46,62,70H. The summed E-state index contributed by atoms with van der Waals surface area (Å²) in [5.41, 5.74) is 27.0. The van der Waals surface area contributed by atoms with Gasteiger partial charge in [0, 0.05) is 88.7 Å². The van der Waals surface area contributed by atoms with Gasteiger partial charge in [0.15, 0.2) is 0 Å². The Labute approximate surface area is 484 Å².